The van der Waals surface area contributed by atoms with Gasteiger partial charge in [-0.25, -0.2) is 0 Å². The zero-order valence-electron chi connectivity index (χ0n) is 8.71. The largest absolute Gasteiger partial charge is 0.394 e. The number of anilines is 1. The molecule has 0 spiro atoms. The first kappa shape index (κ1) is 11.8. The Morgan fingerprint density at radius 3 is 2.53 bits per heavy atom. The maximum Gasteiger partial charge on any atom is 0.0945 e. The van der Waals surface area contributed by atoms with Crippen LogP contribution < -0.4 is 4.90 Å². The molecular weight excluding hydrogens is 190 g/mol. The molecular formula is C12H17NO2. The van der Waals surface area contributed by atoms with E-state index in [1.807, 2.05) is 35.2 Å². The molecule has 0 saturated heterocycles. The van der Waals surface area contributed by atoms with E-state index in [0.29, 0.717) is 13.1 Å². The molecule has 3 heteroatoms. The lowest BCUT2D eigenvalue weighted by atomic mass is 10.2. The second-order valence-electron chi connectivity index (χ2n) is 3.37. The van der Waals surface area contributed by atoms with E-state index in [1.165, 1.54) is 0 Å². The van der Waals surface area contributed by atoms with Crippen LogP contribution in [0.4, 0.5) is 5.69 Å². The molecule has 0 aliphatic heterocycles. The molecule has 15 heavy (non-hydrogen) atoms. The maximum absolute atomic E-state index is 9.39. The molecule has 0 amide bonds. The number of aliphatic hydroxyl groups excluding tert-OH is 2. The molecule has 3 nitrogen and oxygen atoms in total. The molecule has 0 aliphatic rings. The van der Waals surface area contributed by atoms with Gasteiger partial charge in [0.05, 0.1) is 12.7 Å². The van der Waals surface area contributed by atoms with Gasteiger partial charge in [0.15, 0.2) is 0 Å². The van der Waals surface area contributed by atoms with Crippen LogP contribution in [0.25, 0.3) is 0 Å². The first-order valence-corrected chi connectivity index (χ1v) is 4.97. The topological polar surface area (TPSA) is 43.7 Å². The van der Waals surface area contributed by atoms with Gasteiger partial charge in [-0.1, -0.05) is 24.3 Å². The fourth-order valence-corrected chi connectivity index (χ4v) is 1.39. The lowest BCUT2D eigenvalue weighted by Crippen LogP contribution is -2.34. The van der Waals surface area contributed by atoms with Gasteiger partial charge in [0, 0.05) is 18.8 Å². The Morgan fingerprint density at radius 1 is 1.33 bits per heavy atom. The summed E-state index contributed by atoms with van der Waals surface area (Å²) in [4.78, 5) is 1.97. The summed E-state index contributed by atoms with van der Waals surface area (Å²) >= 11 is 0. The van der Waals surface area contributed by atoms with Crippen LogP contribution in [0.3, 0.4) is 0 Å². The zero-order chi connectivity index (χ0) is 11.1. The van der Waals surface area contributed by atoms with Crippen molar-refractivity contribution < 1.29 is 10.2 Å². The molecule has 1 aromatic rings. The summed E-state index contributed by atoms with van der Waals surface area (Å²) in [5, 5.41) is 18.2. The molecule has 0 bridgehead atoms. The van der Waals surface area contributed by atoms with Gasteiger partial charge in [0.25, 0.3) is 0 Å². The zero-order valence-corrected chi connectivity index (χ0v) is 8.71. The second-order valence-corrected chi connectivity index (χ2v) is 3.37. The molecule has 0 aliphatic carbocycles. The predicted molar refractivity (Wildman–Crippen MR) is 61.9 cm³/mol. The summed E-state index contributed by atoms with van der Waals surface area (Å²) in [6, 6.07) is 9.76. The van der Waals surface area contributed by atoms with E-state index in [-0.39, 0.29) is 6.61 Å². The van der Waals surface area contributed by atoms with Crippen molar-refractivity contribution in [2.24, 2.45) is 0 Å². The van der Waals surface area contributed by atoms with Crippen LogP contribution in [0.1, 0.15) is 0 Å². The van der Waals surface area contributed by atoms with Crippen molar-refractivity contribution >= 4 is 5.69 Å². The van der Waals surface area contributed by atoms with Gasteiger partial charge in [-0.15, -0.1) is 6.58 Å². The van der Waals surface area contributed by atoms with Gasteiger partial charge >= 0.3 is 0 Å². The Labute approximate surface area is 90.3 Å². The molecule has 1 atom stereocenters. The van der Waals surface area contributed by atoms with E-state index < -0.39 is 6.10 Å². The minimum absolute atomic E-state index is 0.222. The van der Waals surface area contributed by atoms with Crippen molar-refractivity contribution in [2.45, 2.75) is 6.10 Å². The number of benzene rings is 1. The number of hydrogen-bond acceptors (Lipinski definition) is 3. The molecule has 0 fully saturated rings. The van der Waals surface area contributed by atoms with Gasteiger partial charge in [-0.2, -0.15) is 0 Å². The third kappa shape index (κ3) is 3.73. The highest BCUT2D eigenvalue weighted by Gasteiger charge is 2.09. The number of rotatable bonds is 6. The first-order chi connectivity index (χ1) is 7.27. The Kier molecular flexibility index (Phi) is 4.87. The monoisotopic (exact) mass is 207 g/mol. The van der Waals surface area contributed by atoms with Crippen LogP contribution in [-0.2, 0) is 0 Å². The molecule has 0 heterocycles. The van der Waals surface area contributed by atoms with Gasteiger partial charge < -0.3 is 15.1 Å². The van der Waals surface area contributed by atoms with Crippen molar-refractivity contribution in [3.63, 3.8) is 0 Å². The predicted octanol–water partition coefficient (Wildman–Crippen LogP) is 1.03. The second kappa shape index (κ2) is 6.22. The molecule has 0 unspecified atom stereocenters. The molecule has 0 saturated carbocycles. The van der Waals surface area contributed by atoms with Crippen LogP contribution in [0.15, 0.2) is 43.0 Å². The highest BCUT2D eigenvalue weighted by molar-refractivity contribution is 5.46. The van der Waals surface area contributed by atoms with Crippen LogP contribution in [0.5, 0.6) is 0 Å². The van der Waals surface area contributed by atoms with E-state index in [2.05, 4.69) is 6.58 Å². The average Bonchev–Trinajstić information content (AvgIpc) is 2.29. The van der Waals surface area contributed by atoms with E-state index in [4.69, 9.17) is 5.11 Å². The van der Waals surface area contributed by atoms with E-state index in [0.717, 1.165) is 5.69 Å². The Bertz CT molecular complexity index is 287. The van der Waals surface area contributed by atoms with Gasteiger partial charge in [-0.3, -0.25) is 0 Å². The third-order valence-corrected chi connectivity index (χ3v) is 2.11. The van der Waals surface area contributed by atoms with Crippen molar-refractivity contribution in [1.29, 1.82) is 0 Å². The van der Waals surface area contributed by atoms with Crippen LogP contribution in [0, 0.1) is 0 Å². The van der Waals surface area contributed by atoms with E-state index in [1.54, 1.807) is 6.08 Å². The van der Waals surface area contributed by atoms with Gasteiger partial charge in [-0.05, 0) is 12.1 Å². The lowest BCUT2D eigenvalue weighted by molar-refractivity contribution is 0.100. The summed E-state index contributed by atoms with van der Waals surface area (Å²) in [7, 11) is 0. The fourth-order valence-electron chi connectivity index (χ4n) is 1.39. The molecule has 0 radical (unpaired) electrons. The molecule has 1 rings (SSSR count). The highest BCUT2D eigenvalue weighted by atomic mass is 16.3. The van der Waals surface area contributed by atoms with Crippen molar-refractivity contribution in [3.05, 3.63) is 43.0 Å². The Morgan fingerprint density at radius 2 is 2.00 bits per heavy atom. The van der Waals surface area contributed by atoms with Gasteiger partial charge in [0.1, 0.15) is 0 Å². The minimum atomic E-state index is -0.717. The molecule has 2 N–H and O–H groups in total. The summed E-state index contributed by atoms with van der Waals surface area (Å²) in [6.45, 7) is 4.51. The maximum atomic E-state index is 9.39. The Hall–Kier alpha value is -1.32. The van der Waals surface area contributed by atoms with Crippen molar-refractivity contribution in [3.8, 4) is 0 Å². The van der Waals surface area contributed by atoms with Crippen LogP contribution in [0.2, 0.25) is 0 Å². The minimum Gasteiger partial charge on any atom is -0.394 e. The summed E-state index contributed by atoms with van der Waals surface area (Å²) in [6.07, 6.45) is 1.06. The third-order valence-electron chi connectivity index (χ3n) is 2.11. The fraction of sp³-hybridized carbons (Fsp3) is 0.333. The summed E-state index contributed by atoms with van der Waals surface area (Å²) in [5.41, 5.74) is 1.02. The van der Waals surface area contributed by atoms with Gasteiger partial charge in [0.2, 0.25) is 0 Å². The number of para-hydroxylation sites is 1. The summed E-state index contributed by atoms with van der Waals surface area (Å²) < 4.78 is 0. The average molecular weight is 207 g/mol. The van der Waals surface area contributed by atoms with E-state index >= 15 is 0 Å². The van der Waals surface area contributed by atoms with Crippen LogP contribution >= 0.6 is 0 Å². The molecule has 82 valence electrons. The number of aliphatic hydroxyl groups is 2. The van der Waals surface area contributed by atoms with Crippen molar-refractivity contribution in [2.75, 3.05) is 24.6 Å². The molecule has 0 aromatic heterocycles. The first-order valence-electron chi connectivity index (χ1n) is 4.97. The van der Waals surface area contributed by atoms with Crippen molar-refractivity contribution in [1.82, 2.24) is 0 Å². The SMILES string of the molecule is C=CCN(C[C@@H](O)CO)c1ccccc1. The normalized spacial score (nSPS) is 12.1. The smallest absolute Gasteiger partial charge is 0.0945 e. The highest BCUT2D eigenvalue weighted by Crippen LogP contribution is 2.13. The quantitative estimate of drug-likeness (QED) is 0.685. The van der Waals surface area contributed by atoms with Crippen LogP contribution in [-0.4, -0.2) is 36.0 Å². The lowest BCUT2D eigenvalue weighted by Gasteiger charge is -2.25. The number of nitrogens with zero attached hydrogens (tertiary/aromatic N) is 1. The Balaban J connectivity index is 2.69. The summed E-state index contributed by atoms with van der Waals surface area (Å²) in [5.74, 6) is 0. The standard InChI is InChI=1S/C12H17NO2/c1-2-8-13(9-12(15)10-14)11-6-4-3-5-7-11/h2-7,12,14-15H,1,8-10H2/t12-/m1/s1. The van der Waals surface area contributed by atoms with E-state index in [9.17, 15) is 5.11 Å². The molecule has 1 aromatic carbocycles. The number of hydrogen-bond donors (Lipinski definition) is 2.